The lowest BCUT2D eigenvalue weighted by molar-refractivity contribution is 1.21. The van der Waals surface area contributed by atoms with Crippen molar-refractivity contribution in [2.45, 2.75) is 6.42 Å². The van der Waals surface area contributed by atoms with E-state index in [1.54, 1.807) is 6.07 Å². The minimum atomic E-state index is -0.242. The van der Waals surface area contributed by atoms with Crippen LogP contribution in [0.1, 0.15) is 12.0 Å². The molecule has 0 fully saturated rings. The first kappa shape index (κ1) is 9.57. The van der Waals surface area contributed by atoms with Gasteiger partial charge in [0, 0.05) is 10.7 Å². The lowest BCUT2D eigenvalue weighted by Crippen LogP contribution is -2.08. The molecule has 0 atom stereocenters. The van der Waals surface area contributed by atoms with Crippen LogP contribution in [0.25, 0.3) is 0 Å². The smallest absolute Gasteiger partial charge is 0.263 e. The fourth-order valence-corrected chi connectivity index (χ4v) is 1.07. The van der Waals surface area contributed by atoms with Gasteiger partial charge >= 0.3 is 0 Å². The molecule has 1 aromatic rings. The van der Waals surface area contributed by atoms with Crippen molar-refractivity contribution in [2.75, 3.05) is 0 Å². The minimum absolute atomic E-state index is 0.131. The van der Waals surface area contributed by atoms with Crippen LogP contribution < -0.4 is 5.56 Å². The Bertz CT molecular complexity index is 459. The first-order valence-electron chi connectivity index (χ1n) is 3.48. The Labute approximate surface area is 83.5 Å². The van der Waals surface area contributed by atoms with Gasteiger partial charge in [-0.1, -0.05) is 11.8 Å². The highest BCUT2D eigenvalue weighted by atomic mass is 79.9. The van der Waals surface area contributed by atoms with Gasteiger partial charge < -0.3 is 4.98 Å². The summed E-state index contributed by atoms with van der Waals surface area (Å²) in [6, 6.07) is 3.49. The van der Waals surface area contributed by atoms with Crippen molar-refractivity contribution < 1.29 is 0 Å². The monoisotopic (exact) mass is 236 g/mol. The van der Waals surface area contributed by atoms with Gasteiger partial charge in [-0.3, -0.25) is 4.79 Å². The van der Waals surface area contributed by atoms with E-state index in [9.17, 15) is 4.79 Å². The highest BCUT2D eigenvalue weighted by molar-refractivity contribution is 9.10. The molecule has 4 heteroatoms. The van der Waals surface area contributed by atoms with Crippen molar-refractivity contribution in [3.63, 3.8) is 0 Å². The van der Waals surface area contributed by atoms with Crippen LogP contribution in [-0.4, -0.2) is 4.98 Å². The molecule has 0 aliphatic heterocycles. The molecule has 1 rings (SSSR count). The summed E-state index contributed by atoms with van der Waals surface area (Å²) in [6.45, 7) is 0. The molecular weight excluding hydrogens is 232 g/mol. The van der Waals surface area contributed by atoms with Gasteiger partial charge in [0.2, 0.25) is 0 Å². The molecule has 0 amide bonds. The van der Waals surface area contributed by atoms with E-state index in [0.29, 0.717) is 5.56 Å². The highest BCUT2D eigenvalue weighted by Crippen LogP contribution is 2.05. The van der Waals surface area contributed by atoms with Crippen LogP contribution in [0.4, 0.5) is 0 Å². The second-order valence-electron chi connectivity index (χ2n) is 2.20. The number of aromatic amines is 1. The van der Waals surface area contributed by atoms with Crippen molar-refractivity contribution in [1.82, 2.24) is 4.98 Å². The molecule has 0 saturated heterocycles. The number of nitrogens with one attached hydrogen (secondary N) is 1. The van der Waals surface area contributed by atoms with E-state index >= 15 is 0 Å². The van der Waals surface area contributed by atoms with Crippen LogP contribution in [-0.2, 0) is 0 Å². The first-order chi connectivity index (χ1) is 6.24. The predicted octanol–water partition coefficient (Wildman–Crippen LogP) is 1.40. The molecular formula is C9H5BrN2O. The summed E-state index contributed by atoms with van der Waals surface area (Å²) in [6.07, 6.45) is 1.67. The third-order valence-corrected chi connectivity index (χ3v) is 1.72. The van der Waals surface area contributed by atoms with Gasteiger partial charge in [0.25, 0.3) is 5.56 Å². The third-order valence-electron chi connectivity index (χ3n) is 1.26. The zero-order valence-corrected chi connectivity index (χ0v) is 8.18. The van der Waals surface area contributed by atoms with E-state index in [2.05, 4.69) is 32.8 Å². The fraction of sp³-hybridized carbons (Fsp3) is 0.111. The van der Waals surface area contributed by atoms with E-state index in [4.69, 9.17) is 5.26 Å². The lowest BCUT2D eigenvalue weighted by atomic mass is 10.3. The summed E-state index contributed by atoms with van der Waals surface area (Å²) >= 11 is 3.20. The number of pyridine rings is 1. The number of hydrogen-bond acceptors (Lipinski definition) is 2. The molecule has 0 aromatic carbocycles. The standard InChI is InChI=1S/C9H5BrN2O/c10-8-5-7(3-1-2-4-11)9(13)12-6-8/h5-6H,2H2,(H,12,13). The van der Waals surface area contributed by atoms with Crippen molar-refractivity contribution >= 4 is 15.9 Å². The van der Waals surface area contributed by atoms with Gasteiger partial charge in [0.1, 0.15) is 0 Å². The molecule has 0 bridgehead atoms. The lowest BCUT2D eigenvalue weighted by Gasteiger charge is -1.89. The van der Waals surface area contributed by atoms with Crippen molar-refractivity contribution in [3.8, 4) is 17.9 Å². The Morgan fingerprint density at radius 2 is 2.38 bits per heavy atom. The van der Waals surface area contributed by atoms with Gasteiger partial charge in [-0.25, -0.2) is 0 Å². The second-order valence-corrected chi connectivity index (χ2v) is 3.11. The maximum absolute atomic E-state index is 11.1. The normalized spacial score (nSPS) is 8.31. The maximum atomic E-state index is 11.1. The average Bonchev–Trinajstić information content (AvgIpc) is 2.11. The van der Waals surface area contributed by atoms with E-state index in [-0.39, 0.29) is 12.0 Å². The largest absolute Gasteiger partial charge is 0.327 e. The van der Waals surface area contributed by atoms with Crippen LogP contribution in [0, 0.1) is 23.2 Å². The Morgan fingerprint density at radius 1 is 1.62 bits per heavy atom. The average molecular weight is 237 g/mol. The zero-order valence-electron chi connectivity index (χ0n) is 6.60. The molecule has 64 valence electrons. The molecule has 0 saturated carbocycles. The number of nitrogens with zero attached hydrogens (tertiary/aromatic N) is 1. The fourth-order valence-electron chi connectivity index (χ4n) is 0.729. The van der Waals surface area contributed by atoms with Crippen LogP contribution in [0.3, 0.4) is 0 Å². The van der Waals surface area contributed by atoms with Crippen LogP contribution in [0.15, 0.2) is 21.5 Å². The summed E-state index contributed by atoms with van der Waals surface area (Å²) in [5.74, 6) is 5.18. The first-order valence-corrected chi connectivity index (χ1v) is 4.27. The molecule has 0 radical (unpaired) electrons. The molecule has 1 heterocycles. The Morgan fingerprint density at radius 3 is 3.08 bits per heavy atom. The van der Waals surface area contributed by atoms with Gasteiger partial charge in [0.15, 0.2) is 0 Å². The molecule has 1 N–H and O–H groups in total. The summed E-state index contributed by atoms with van der Waals surface area (Å²) in [5.41, 5.74) is 0.123. The van der Waals surface area contributed by atoms with Crippen LogP contribution in [0.5, 0.6) is 0 Å². The number of H-pyrrole nitrogens is 1. The number of aromatic nitrogens is 1. The number of halogens is 1. The van der Waals surface area contributed by atoms with Crippen LogP contribution in [0.2, 0.25) is 0 Å². The molecule has 0 spiro atoms. The van der Waals surface area contributed by atoms with Gasteiger partial charge in [-0.05, 0) is 22.0 Å². The molecule has 0 unspecified atom stereocenters. The minimum Gasteiger partial charge on any atom is -0.327 e. The van der Waals surface area contributed by atoms with E-state index in [0.717, 1.165) is 4.47 Å². The highest BCUT2D eigenvalue weighted by Gasteiger charge is 1.94. The van der Waals surface area contributed by atoms with Crippen LogP contribution >= 0.6 is 15.9 Å². The zero-order chi connectivity index (χ0) is 9.68. The van der Waals surface area contributed by atoms with E-state index in [1.807, 2.05) is 6.07 Å². The maximum Gasteiger partial charge on any atom is 0.263 e. The number of rotatable bonds is 0. The molecule has 0 aliphatic carbocycles. The van der Waals surface area contributed by atoms with Crippen molar-refractivity contribution in [1.29, 1.82) is 5.26 Å². The Kier molecular flexibility index (Phi) is 3.31. The number of nitriles is 1. The summed E-state index contributed by atoms with van der Waals surface area (Å²) in [4.78, 5) is 13.6. The van der Waals surface area contributed by atoms with E-state index in [1.165, 1.54) is 6.20 Å². The van der Waals surface area contributed by atoms with Crippen molar-refractivity contribution in [3.05, 3.63) is 32.7 Å². The van der Waals surface area contributed by atoms with Gasteiger partial charge in [0.05, 0.1) is 18.1 Å². The Hall–Kier alpha value is -1.52. The summed E-state index contributed by atoms with van der Waals surface area (Å²) in [5, 5.41) is 8.22. The second kappa shape index (κ2) is 4.49. The SMILES string of the molecule is N#CCC#Cc1cc(Br)c[nH]c1=O. The molecule has 3 nitrogen and oxygen atoms in total. The number of hydrogen-bond donors (Lipinski definition) is 1. The summed E-state index contributed by atoms with van der Waals surface area (Å²) in [7, 11) is 0. The van der Waals surface area contributed by atoms with Gasteiger partial charge in [-0.2, -0.15) is 5.26 Å². The molecule has 0 aliphatic rings. The topological polar surface area (TPSA) is 56.6 Å². The quantitative estimate of drug-likeness (QED) is 0.693. The molecule has 13 heavy (non-hydrogen) atoms. The Balaban J connectivity index is 3.04. The van der Waals surface area contributed by atoms with Crippen molar-refractivity contribution in [2.24, 2.45) is 0 Å². The van der Waals surface area contributed by atoms with Gasteiger partial charge in [-0.15, -0.1) is 0 Å². The predicted molar refractivity (Wildman–Crippen MR) is 51.9 cm³/mol. The van der Waals surface area contributed by atoms with E-state index < -0.39 is 0 Å². The summed E-state index contributed by atoms with van der Waals surface area (Å²) < 4.78 is 0.758. The molecule has 1 aromatic heterocycles. The third kappa shape index (κ3) is 2.77.